The van der Waals surface area contributed by atoms with Gasteiger partial charge in [-0.05, 0) is 47.0 Å². The number of thioether (sulfide) groups is 1. The average Bonchev–Trinajstić information content (AvgIpc) is 3.29. The Morgan fingerprint density at radius 3 is 2.73 bits per heavy atom. The van der Waals surface area contributed by atoms with Crippen LogP contribution in [-0.4, -0.2) is 79.2 Å². The van der Waals surface area contributed by atoms with Gasteiger partial charge in [0.25, 0.3) is 0 Å². The van der Waals surface area contributed by atoms with E-state index in [0.29, 0.717) is 18.4 Å². The summed E-state index contributed by atoms with van der Waals surface area (Å²) >= 11 is 3.99. The van der Waals surface area contributed by atoms with Gasteiger partial charge < -0.3 is 23.4 Å². The summed E-state index contributed by atoms with van der Waals surface area (Å²) in [6.07, 6.45) is 7.83. The number of aromatic nitrogens is 3. The molecule has 3 atom stereocenters. The molecule has 0 saturated carbocycles. The molecule has 1 aliphatic rings. The van der Waals surface area contributed by atoms with Gasteiger partial charge in [0, 0.05) is 30.3 Å². The van der Waals surface area contributed by atoms with E-state index in [-0.39, 0.29) is 23.5 Å². The number of nitrogens with zero attached hydrogens (tertiary/aromatic N) is 5. The van der Waals surface area contributed by atoms with Crippen LogP contribution in [0.25, 0.3) is 11.0 Å². The van der Waals surface area contributed by atoms with Gasteiger partial charge in [0.1, 0.15) is 24.3 Å². The average molecular weight is 606 g/mol. The van der Waals surface area contributed by atoms with Crippen LogP contribution in [0.2, 0.25) is 18.1 Å². The summed E-state index contributed by atoms with van der Waals surface area (Å²) in [6, 6.07) is 0. The summed E-state index contributed by atoms with van der Waals surface area (Å²) in [5, 5.41) is 1.08. The first-order valence-corrected chi connectivity index (χ1v) is 16.4. The van der Waals surface area contributed by atoms with Gasteiger partial charge in [-0.3, -0.25) is 0 Å². The minimum absolute atomic E-state index is 0.0320. The molecule has 0 unspecified atom stereocenters. The van der Waals surface area contributed by atoms with Crippen LogP contribution in [0.15, 0.2) is 17.5 Å². The highest BCUT2D eigenvalue weighted by molar-refractivity contribution is 14.1. The zero-order valence-corrected chi connectivity index (χ0v) is 24.8. The Balaban J connectivity index is 1.86. The first kappa shape index (κ1) is 26.9. The van der Waals surface area contributed by atoms with Crippen LogP contribution in [0, 0.1) is 3.57 Å². The van der Waals surface area contributed by atoms with Crippen molar-refractivity contribution in [3.05, 3.63) is 16.1 Å². The van der Waals surface area contributed by atoms with E-state index in [0.717, 1.165) is 21.0 Å². The number of hydrogen-bond donors (Lipinski definition) is 0. The molecule has 1 saturated heterocycles. The molecule has 2 aromatic rings. The van der Waals surface area contributed by atoms with Crippen molar-refractivity contribution in [3.8, 4) is 0 Å². The molecule has 1 fully saturated rings. The van der Waals surface area contributed by atoms with Gasteiger partial charge in [-0.25, -0.2) is 15.0 Å². The maximum atomic E-state index is 6.54. The van der Waals surface area contributed by atoms with Crippen molar-refractivity contribution in [3.63, 3.8) is 0 Å². The lowest BCUT2D eigenvalue weighted by atomic mass is 10.2. The van der Waals surface area contributed by atoms with Crippen LogP contribution in [0.3, 0.4) is 0 Å². The Morgan fingerprint density at radius 2 is 2.09 bits per heavy atom. The van der Waals surface area contributed by atoms with Crippen LogP contribution in [0.5, 0.6) is 0 Å². The first-order valence-electron chi connectivity index (χ1n) is 11.1. The van der Waals surface area contributed by atoms with Crippen molar-refractivity contribution >= 4 is 65.9 Å². The predicted molar refractivity (Wildman–Crippen MR) is 147 cm³/mol. The Labute approximate surface area is 216 Å². The first-order chi connectivity index (χ1) is 15.4. The van der Waals surface area contributed by atoms with Gasteiger partial charge >= 0.3 is 0 Å². The minimum atomic E-state index is -1.89. The van der Waals surface area contributed by atoms with Gasteiger partial charge in [0.15, 0.2) is 14.1 Å². The molecule has 33 heavy (non-hydrogen) atoms. The van der Waals surface area contributed by atoms with E-state index >= 15 is 0 Å². The van der Waals surface area contributed by atoms with E-state index in [9.17, 15) is 0 Å². The summed E-state index contributed by atoms with van der Waals surface area (Å²) in [6.45, 7) is 11.8. The van der Waals surface area contributed by atoms with E-state index in [1.54, 1.807) is 24.4 Å². The molecule has 3 rings (SSSR count). The maximum absolute atomic E-state index is 6.54. The van der Waals surface area contributed by atoms with Crippen LogP contribution in [-0.2, 0) is 13.9 Å². The normalized spacial score (nSPS) is 22.0. The lowest BCUT2D eigenvalue weighted by Gasteiger charge is -2.37. The zero-order valence-electron chi connectivity index (χ0n) is 20.8. The summed E-state index contributed by atoms with van der Waals surface area (Å²) in [4.78, 5) is 15.4. The smallest absolute Gasteiger partial charge is 0.192 e. The fraction of sp³-hybridized carbons (Fsp3) is 0.682. The topological polar surface area (TPSA) is 74.0 Å². The van der Waals surface area contributed by atoms with Crippen molar-refractivity contribution in [2.24, 2.45) is 4.99 Å². The number of rotatable bonds is 9. The third kappa shape index (κ3) is 6.29. The van der Waals surface area contributed by atoms with Gasteiger partial charge in [0.2, 0.25) is 0 Å². The summed E-state index contributed by atoms with van der Waals surface area (Å²) < 4.78 is 22.4. The van der Waals surface area contributed by atoms with Crippen molar-refractivity contribution in [1.82, 2.24) is 19.4 Å². The van der Waals surface area contributed by atoms with Crippen LogP contribution < -0.4 is 0 Å². The molecule has 0 bridgehead atoms. The van der Waals surface area contributed by atoms with Gasteiger partial charge in [-0.15, -0.1) is 11.8 Å². The highest BCUT2D eigenvalue weighted by Crippen LogP contribution is 2.40. The molecule has 0 spiro atoms. The van der Waals surface area contributed by atoms with Gasteiger partial charge in [0.05, 0.1) is 30.4 Å². The third-order valence-electron chi connectivity index (χ3n) is 6.26. The standard InChI is InChI=1S/C22H36IN5O3SSi/c1-22(2,3)33(7,8)30-11-17-16(29-14-32-6)9-18(31-17)28-10-15(23)19-20(26-13-27(4)5)24-12-25-21(19)28/h10,12-13,16-18H,9,11,14H2,1-8H3/b26-13+/t16-,17-,18-/m1/s1. The Bertz CT molecular complexity index is 979. The maximum Gasteiger partial charge on any atom is 0.192 e. The minimum Gasteiger partial charge on any atom is -0.414 e. The molecule has 0 amide bonds. The van der Waals surface area contributed by atoms with E-state index in [1.807, 2.05) is 25.3 Å². The number of halogens is 1. The third-order valence-corrected chi connectivity index (χ3v) is 11.9. The Hall–Kier alpha value is -0.733. The molecule has 0 N–H and O–H groups in total. The lowest BCUT2D eigenvalue weighted by molar-refractivity contribution is -0.0506. The molecular weight excluding hydrogens is 569 g/mol. The summed E-state index contributed by atoms with van der Waals surface area (Å²) in [7, 11) is 1.98. The molecule has 1 aliphatic heterocycles. The SMILES string of the molecule is CSCO[C@@H]1C[C@H](n2cc(I)c3c(/N=C/N(C)C)ncnc32)O[C@@H]1CO[Si](C)(C)C(C)(C)C. The monoisotopic (exact) mass is 605 g/mol. The molecule has 0 aromatic carbocycles. The van der Waals surface area contributed by atoms with E-state index in [4.69, 9.17) is 13.9 Å². The second kappa shape index (κ2) is 10.9. The summed E-state index contributed by atoms with van der Waals surface area (Å²) in [5.74, 6) is 1.29. The molecular formula is C22H36IN5O3SSi. The predicted octanol–water partition coefficient (Wildman–Crippen LogP) is 5.27. The quantitative estimate of drug-likeness (QED) is 0.127. The van der Waals surface area contributed by atoms with Crippen LogP contribution in [0.4, 0.5) is 5.82 Å². The van der Waals surface area contributed by atoms with Crippen molar-refractivity contribution < 1.29 is 13.9 Å². The molecule has 0 aliphatic carbocycles. The Morgan fingerprint density at radius 1 is 1.36 bits per heavy atom. The number of fused-ring (bicyclic) bond motifs is 1. The van der Waals surface area contributed by atoms with E-state index in [2.05, 4.69) is 82.2 Å². The van der Waals surface area contributed by atoms with Crippen molar-refractivity contribution in [2.45, 2.75) is 63.8 Å². The Kier molecular flexibility index (Phi) is 8.87. The second-order valence-corrected chi connectivity index (χ2v) is 16.8. The van der Waals surface area contributed by atoms with Crippen LogP contribution >= 0.6 is 34.4 Å². The fourth-order valence-electron chi connectivity index (χ4n) is 3.37. The summed E-state index contributed by atoms with van der Waals surface area (Å²) in [5.41, 5.74) is 0.819. The second-order valence-electron chi connectivity index (χ2n) is 10.0. The lowest BCUT2D eigenvalue weighted by Crippen LogP contribution is -2.44. The van der Waals surface area contributed by atoms with Crippen molar-refractivity contribution in [2.75, 3.05) is 32.9 Å². The van der Waals surface area contributed by atoms with Gasteiger partial charge in [-0.2, -0.15) is 0 Å². The molecule has 8 nitrogen and oxygen atoms in total. The molecule has 3 heterocycles. The largest absolute Gasteiger partial charge is 0.414 e. The van der Waals surface area contributed by atoms with E-state index in [1.165, 1.54) is 0 Å². The number of ether oxygens (including phenoxy) is 2. The van der Waals surface area contributed by atoms with Gasteiger partial charge in [-0.1, -0.05) is 20.8 Å². The zero-order chi connectivity index (χ0) is 24.4. The number of hydrogen-bond acceptors (Lipinski definition) is 7. The molecule has 2 aromatic heterocycles. The highest BCUT2D eigenvalue weighted by atomic mass is 127. The number of aliphatic imine (C=N–C) groups is 1. The van der Waals surface area contributed by atoms with Crippen LogP contribution in [0.1, 0.15) is 33.4 Å². The molecule has 184 valence electrons. The van der Waals surface area contributed by atoms with E-state index < -0.39 is 8.32 Å². The fourth-order valence-corrected chi connectivity index (χ4v) is 5.48. The molecule has 0 radical (unpaired) electrons. The molecule has 11 heteroatoms. The highest BCUT2D eigenvalue weighted by Gasteiger charge is 2.42. The van der Waals surface area contributed by atoms with Crippen molar-refractivity contribution in [1.29, 1.82) is 0 Å².